The molecule has 0 radical (unpaired) electrons. The molecule has 74 valence electrons. The van der Waals surface area contributed by atoms with Gasteiger partial charge in [0.1, 0.15) is 0 Å². The van der Waals surface area contributed by atoms with Gasteiger partial charge in [0.25, 0.3) is 0 Å². The van der Waals surface area contributed by atoms with Crippen molar-refractivity contribution in [1.82, 2.24) is 9.78 Å². The third-order valence-corrected chi connectivity index (χ3v) is 2.11. The molecule has 0 amide bonds. The van der Waals surface area contributed by atoms with E-state index >= 15 is 0 Å². The number of fused-ring (bicyclic) bond motifs is 1. The number of hydrogen-bond donors (Lipinski definition) is 2. The van der Waals surface area contributed by atoms with Crippen LogP contribution in [0, 0.1) is 0 Å². The Bertz CT molecular complexity index is 448. The number of benzene rings is 1. The van der Waals surface area contributed by atoms with E-state index < -0.39 is 6.10 Å². The molecular weight excluding hydrogens is 178 g/mol. The summed E-state index contributed by atoms with van der Waals surface area (Å²) < 4.78 is 1.76. The molecule has 14 heavy (non-hydrogen) atoms. The summed E-state index contributed by atoms with van der Waals surface area (Å²) in [6.45, 7) is 2.23. The van der Waals surface area contributed by atoms with Crippen LogP contribution in [0.25, 0.3) is 10.9 Å². The van der Waals surface area contributed by atoms with Crippen molar-refractivity contribution in [2.75, 3.05) is 5.73 Å². The van der Waals surface area contributed by atoms with Crippen molar-refractivity contribution >= 4 is 16.6 Å². The number of aliphatic hydroxyl groups is 1. The molecule has 0 fully saturated rings. The van der Waals surface area contributed by atoms with Gasteiger partial charge in [0.15, 0.2) is 0 Å². The van der Waals surface area contributed by atoms with E-state index in [9.17, 15) is 5.11 Å². The van der Waals surface area contributed by atoms with E-state index in [0.717, 1.165) is 10.9 Å². The topological polar surface area (TPSA) is 64.1 Å². The van der Waals surface area contributed by atoms with E-state index in [1.165, 1.54) is 0 Å². The van der Waals surface area contributed by atoms with Crippen molar-refractivity contribution < 1.29 is 5.11 Å². The third kappa shape index (κ3) is 1.56. The smallest absolute Gasteiger partial charge is 0.0708 e. The standard InChI is InChI=1S/C10H13N3O/c1-7(14)6-13-10-4-9(11)3-2-8(10)5-12-13/h2-5,7,14H,6,11H2,1H3. The quantitative estimate of drug-likeness (QED) is 0.696. The number of aliphatic hydroxyl groups excluding tert-OH is 1. The van der Waals surface area contributed by atoms with Crippen LogP contribution in [0.3, 0.4) is 0 Å². The van der Waals surface area contributed by atoms with Gasteiger partial charge in [-0.05, 0) is 25.1 Å². The fourth-order valence-electron chi connectivity index (χ4n) is 1.48. The van der Waals surface area contributed by atoms with Gasteiger partial charge in [-0.1, -0.05) is 0 Å². The molecule has 4 nitrogen and oxygen atoms in total. The van der Waals surface area contributed by atoms with Gasteiger partial charge in [0.05, 0.1) is 24.4 Å². The number of nitrogen functional groups attached to an aromatic ring is 1. The zero-order valence-electron chi connectivity index (χ0n) is 8.01. The lowest BCUT2D eigenvalue weighted by molar-refractivity contribution is 0.170. The van der Waals surface area contributed by atoms with Crippen LogP contribution in [0.2, 0.25) is 0 Å². The maximum atomic E-state index is 9.26. The monoisotopic (exact) mass is 191 g/mol. The number of hydrogen-bond acceptors (Lipinski definition) is 3. The van der Waals surface area contributed by atoms with Gasteiger partial charge in [0, 0.05) is 11.1 Å². The number of nitrogens with zero attached hydrogens (tertiary/aromatic N) is 2. The maximum Gasteiger partial charge on any atom is 0.0708 e. The fourth-order valence-corrected chi connectivity index (χ4v) is 1.48. The average Bonchev–Trinajstić information content (AvgIpc) is 2.47. The highest BCUT2D eigenvalue weighted by molar-refractivity contribution is 5.81. The van der Waals surface area contributed by atoms with Gasteiger partial charge in [-0.2, -0.15) is 5.10 Å². The molecule has 2 rings (SSSR count). The Hall–Kier alpha value is -1.55. The average molecular weight is 191 g/mol. The Morgan fingerprint density at radius 1 is 1.57 bits per heavy atom. The number of nitrogens with two attached hydrogens (primary N) is 1. The molecule has 2 aromatic rings. The van der Waals surface area contributed by atoms with Crippen LogP contribution >= 0.6 is 0 Å². The largest absolute Gasteiger partial charge is 0.399 e. The minimum absolute atomic E-state index is 0.403. The second-order valence-corrected chi connectivity index (χ2v) is 3.49. The number of rotatable bonds is 2. The first-order valence-electron chi connectivity index (χ1n) is 4.56. The fraction of sp³-hybridized carbons (Fsp3) is 0.300. The van der Waals surface area contributed by atoms with Crippen LogP contribution < -0.4 is 5.73 Å². The molecule has 1 unspecified atom stereocenters. The van der Waals surface area contributed by atoms with Crippen LogP contribution in [0.4, 0.5) is 5.69 Å². The molecule has 1 aromatic carbocycles. The summed E-state index contributed by atoms with van der Waals surface area (Å²) in [4.78, 5) is 0. The van der Waals surface area contributed by atoms with Gasteiger partial charge < -0.3 is 10.8 Å². The molecule has 0 aliphatic rings. The van der Waals surface area contributed by atoms with E-state index in [2.05, 4.69) is 5.10 Å². The van der Waals surface area contributed by atoms with Crippen LogP contribution in [0.1, 0.15) is 6.92 Å². The Labute approximate surface area is 81.9 Å². The minimum Gasteiger partial charge on any atom is -0.399 e. The van der Waals surface area contributed by atoms with Crippen LogP contribution in [0.15, 0.2) is 24.4 Å². The van der Waals surface area contributed by atoms with Gasteiger partial charge in [-0.25, -0.2) is 0 Å². The predicted octanol–water partition coefficient (Wildman–Crippen LogP) is 0.999. The molecule has 0 aliphatic carbocycles. The molecule has 0 bridgehead atoms. The zero-order valence-corrected chi connectivity index (χ0v) is 8.01. The molecule has 1 aromatic heterocycles. The van der Waals surface area contributed by atoms with Gasteiger partial charge in [-0.15, -0.1) is 0 Å². The maximum absolute atomic E-state index is 9.26. The molecule has 0 saturated carbocycles. The highest BCUT2D eigenvalue weighted by atomic mass is 16.3. The second kappa shape index (κ2) is 3.31. The van der Waals surface area contributed by atoms with Crippen molar-refractivity contribution in [1.29, 1.82) is 0 Å². The summed E-state index contributed by atoms with van der Waals surface area (Å²) in [5, 5.41) is 14.5. The number of aromatic nitrogens is 2. The summed E-state index contributed by atoms with van der Waals surface area (Å²) >= 11 is 0. The van der Waals surface area contributed by atoms with Crippen LogP contribution in [0.5, 0.6) is 0 Å². The van der Waals surface area contributed by atoms with Crippen molar-refractivity contribution in [2.45, 2.75) is 19.6 Å². The minimum atomic E-state index is -0.403. The molecule has 0 spiro atoms. The lowest BCUT2D eigenvalue weighted by Crippen LogP contribution is -2.12. The van der Waals surface area contributed by atoms with E-state index in [1.54, 1.807) is 17.8 Å². The van der Waals surface area contributed by atoms with Crippen LogP contribution in [-0.2, 0) is 6.54 Å². The Kier molecular flexibility index (Phi) is 2.13. The van der Waals surface area contributed by atoms with Gasteiger partial charge in [-0.3, -0.25) is 4.68 Å². The second-order valence-electron chi connectivity index (χ2n) is 3.49. The summed E-state index contributed by atoms with van der Waals surface area (Å²) in [7, 11) is 0. The Morgan fingerprint density at radius 2 is 2.36 bits per heavy atom. The molecule has 1 atom stereocenters. The summed E-state index contributed by atoms with van der Waals surface area (Å²) in [5.41, 5.74) is 7.36. The molecule has 4 heteroatoms. The molecule has 0 aliphatic heterocycles. The van der Waals surface area contributed by atoms with Crippen molar-refractivity contribution in [2.24, 2.45) is 0 Å². The molecule has 0 saturated heterocycles. The van der Waals surface area contributed by atoms with E-state index in [0.29, 0.717) is 12.2 Å². The van der Waals surface area contributed by atoms with E-state index in [-0.39, 0.29) is 0 Å². The Balaban J connectivity index is 2.50. The first kappa shape index (κ1) is 9.02. The van der Waals surface area contributed by atoms with Crippen molar-refractivity contribution in [3.8, 4) is 0 Å². The molecule has 1 heterocycles. The van der Waals surface area contributed by atoms with E-state index in [4.69, 9.17) is 5.73 Å². The molecule has 3 N–H and O–H groups in total. The zero-order chi connectivity index (χ0) is 10.1. The third-order valence-electron chi connectivity index (χ3n) is 2.11. The van der Waals surface area contributed by atoms with Crippen molar-refractivity contribution in [3.05, 3.63) is 24.4 Å². The first-order chi connectivity index (χ1) is 6.66. The lowest BCUT2D eigenvalue weighted by Gasteiger charge is -2.05. The van der Waals surface area contributed by atoms with Gasteiger partial charge in [0.2, 0.25) is 0 Å². The number of anilines is 1. The summed E-state index contributed by atoms with van der Waals surface area (Å²) in [6, 6.07) is 5.64. The summed E-state index contributed by atoms with van der Waals surface area (Å²) in [5.74, 6) is 0. The highest BCUT2D eigenvalue weighted by Gasteiger charge is 2.04. The highest BCUT2D eigenvalue weighted by Crippen LogP contribution is 2.17. The normalized spacial score (nSPS) is 13.3. The SMILES string of the molecule is CC(O)Cn1ncc2ccc(N)cc21. The summed E-state index contributed by atoms with van der Waals surface area (Å²) in [6.07, 6.45) is 1.37. The van der Waals surface area contributed by atoms with Crippen molar-refractivity contribution in [3.63, 3.8) is 0 Å². The van der Waals surface area contributed by atoms with Crippen LogP contribution in [-0.4, -0.2) is 21.0 Å². The van der Waals surface area contributed by atoms with E-state index in [1.807, 2.05) is 18.2 Å². The first-order valence-corrected chi connectivity index (χ1v) is 4.56. The van der Waals surface area contributed by atoms with Gasteiger partial charge >= 0.3 is 0 Å². The molecular formula is C10H13N3O. The lowest BCUT2D eigenvalue weighted by atomic mass is 10.2. The Morgan fingerprint density at radius 3 is 3.07 bits per heavy atom. The predicted molar refractivity (Wildman–Crippen MR) is 55.8 cm³/mol.